The topological polar surface area (TPSA) is 79.5 Å². The Kier molecular flexibility index (Phi) is 3.48. The smallest absolute Gasteiger partial charge is 0.426 e. The molecule has 0 atom stereocenters. The van der Waals surface area contributed by atoms with Crippen LogP contribution in [0.2, 0.25) is 0 Å². The van der Waals surface area contributed by atoms with Crippen LogP contribution in [-0.4, -0.2) is 24.3 Å². The highest BCUT2D eigenvalue weighted by Gasteiger charge is 2.51. The molecule has 0 saturated heterocycles. The Balaban J connectivity index is 1.52. The third kappa shape index (κ3) is 2.69. The van der Waals surface area contributed by atoms with E-state index in [1.165, 1.54) is 19.3 Å². The molecule has 0 radical (unpaired) electrons. The van der Waals surface area contributed by atoms with Gasteiger partial charge in [-0.3, -0.25) is 0 Å². The number of carbonyl (C=O) groups is 2. The number of rotatable bonds is 2. The number of hydrogen-bond acceptors (Lipinski definition) is 3. The lowest BCUT2D eigenvalue weighted by atomic mass is 9.53. The van der Waals surface area contributed by atoms with Crippen molar-refractivity contribution in [2.24, 2.45) is 17.8 Å². The second-order valence-electron chi connectivity index (χ2n) is 6.62. The quantitative estimate of drug-likeness (QED) is 0.676. The average Bonchev–Trinajstić information content (AvgIpc) is 2.34. The lowest BCUT2D eigenvalue weighted by Gasteiger charge is -2.56. The number of nitrogens with one attached hydrogen (secondary N) is 3. The van der Waals surface area contributed by atoms with E-state index in [9.17, 15) is 9.59 Å². The summed E-state index contributed by atoms with van der Waals surface area (Å²) in [5, 5.41) is 3.10. The van der Waals surface area contributed by atoms with Crippen molar-refractivity contribution < 1.29 is 14.3 Å². The molecule has 0 heterocycles. The van der Waals surface area contributed by atoms with Gasteiger partial charge in [0.05, 0.1) is 6.61 Å². The second kappa shape index (κ2) is 5.14. The normalized spacial score (nSPS) is 37.4. The Bertz CT molecular complexity index is 375. The molecule has 0 aliphatic heterocycles. The molecule has 20 heavy (non-hydrogen) atoms. The van der Waals surface area contributed by atoms with Gasteiger partial charge in [0.2, 0.25) is 0 Å². The van der Waals surface area contributed by atoms with Crippen LogP contribution in [0.15, 0.2) is 0 Å². The highest BCUT2D eigenvalue weighted by molar-refractivity contribution is 5.78. The van der Waals surface area contributed by atoms with Crippen LogP contribution >= 0.6 is 0 Å². The van der Waals surface area contributed by atoms with Crippen molar-refractivity contribution in [1.82, 2.24) is 16.2 Å². The van der Waals surface area contributed by atoms with Crippen molar-refractivity contribution in [2.45, 2.75) is 51.0 Å². The highest BCUT2D eigenvalue weighted by atomic mass is 16.6. The fourth-order valence-corrected chi connectivity index (χ4v) is 4.81. The van der Waals surface area contributed by atoms with E-state index in [0.29, 0.717) is 0 Å². The zero-order valence-corrected chi connectivity index (χ0v) is 11.9. The average molecular weight is 281 g/mol. The van der Waals surface area contributed by atoms with E-state index < -0.39 is 6.09 Å². The molecule has 3 amide bonds. The van der Waals surface area contributed by atoms with Crippen molar-refractivity contribution in [1.29, 1.82) is 0 Å². The summed E-state index contributed by atoms with van der Waals surface area (Å²) in [5.41, 5.74) is 4.56. The molecule has 4 aliphatic rings. The lowest BCUT2D eigenvalue weighted by Crippen LogP contribution is -2.62. The first kappa shape index (κ1) is 13.5. The molecule has 112 valence electrons. The van der Waals surface area contributed by atoms with Crippen molar-refractivity contribution in [3.8, 4) is 0 Å². The van der Waals surface area contributed by atoms with Crippen molar-refractivity contribution in [3.63, 3.8) is 0 Å². The number of hydrazine groups is 1. The molecule has 3 N–H and O–H groups in total. The summed E-state index contributed by atoms with van der Waals surface area (Å²) in [6.45, 7) is 2.00. The standard InChI is InChI=1S/C14H23N3O3/c1-2-20-13(19)17-16-12(18)15-14-6-9-3-10(7-14)5-11(4-9)8-14/h9-11H,2-8H2,1H3,(H,17,19)(H2,15,16,18). The molecule has 0 aromatic heterocycles. The summed E-state index contributed by atoms with van der Waals surface area (Å²) in [4.78, 5) is 23.1. The predicted molar refractivity (Wildman–Crippen MR) is 72.7 cm³/mol. The van der Waals surface area contributed by atoms with Crippen LogP contribution in [0.25, 0.3) is 0 Å². The van der Waals surface area contributed by atoms with Crippen molar-refractivity contribution in [3.05, 3.63) is 0 Å². The molecule has 0 spiro atoms. The maximum atomic E-state index is 11.9. The molecule has 0 aromatic carbocycles. The fraction of sp³-hybridized carbons (Fsp3) is 0.857. The van der Waals surface area contributed by atoms with Gasteiger partial charge in [-0.25, -0.2) is 20.4 Å². The number of amides is 3. The number of carbonyl (C=O) groups excluding carboxylic acids is 2. The Labute approximate surface area is 119 Å². The minimum absolute atomic E-state index is 0.0465. The van der Waals surface area contributed by atoms with Gasteiger partial charge in [-0.1, -0.05) is 0 Å². The second-order valence-corrected chi connectivity index (χ2v) is 6.62. The zero-order valence-electron chi connectivity index (χ0n) is 11.9. The van der Waals surface area contributed by atoms with Gasteiger partial charge >= 0.3 is 12.1 Å². The Morgan fingerprint density at radius 1 is 1.05 bits per heavy atom. The van der Waals surface area contributed by atoms with Gasteiger partial charge in [-0.05, 0) is 63.2 Å². The van der Waals surface area contributed by atoms with E-state index in [-0.39, 0.29) is 18.2 Å². The first-order valence-corrected chi connectivity index (χ1v) is 7.59. The van der Waals surface area contributed by atoms with E-state index in [1.807, 2.05) is 0 Å². The Morgan fingerprint density at radius 2 is 1.60 bits per heavy atom. The Hall–Kier alpha value is -1.46. The number of urea groups is 1. The van der Waals surface area contributed by atoms with Gasteiger partial charge in [0, 0.05) is 5.54 Å². The fourth-order valence-electron chi connectivity index (χ4n) is 4.81. The van der Waals surface area contributed by atoms with Gasteiger partial charge in [0.15, 0.2) is 0 Å². The molecule has 4 fully saturated rings. The number of hydrogen-bond donors (Lipinski definition) is 3. The maximum Gasteiger partial charge on any atom is 0.426 e. The van der Waals surface area contributed by atoms with Crippen LogP contribution in [0.3, 0.4) is 0 Å². The third-order valence-corrected chi connectivity index (χ3v) is 4.97. The van der Waals surface area contributed by atoms with Gasteiger partial charge in [-0.15, -0.1) is 0 Å². The molecule has 4 rings (SSSR count). The molecule has 6 heteroatoms. The first-order chi connectivity index (χ1) is 9.58. The minimum Gasteiger partial charge on any atom is -0.449 e. The Morgan fingerprint density at radius 3 is 2.10 bits per heavy atom. The van der Waals surface area contributed by atoms with Crippen LogP contribution in [0.5, 0.6) is 0 Å². The van der Waals surface area contributed by atoms with Crippen molar-refractivity contribution >= 4 is 12.1 Å². The van der Waals surface area contributed by atoms with Crippen molar-refractivity contribution in [2.75, 3.05) is 6.61 Å². The molecule has 4 aliphatic carbocycles. The van der Waals surface area contributed by atoms with Crippen LogP contribution in [0, 0.1) is 17.8 Å². The molecular formula is C14H23N3O3. The van der Waals surface area contributed by atoms with Crippen LogP contribution in [-0.2, 0) is 4.74 Å². The molecule has 6 nitrogen and oxygen atoms in total. The molecule has 0 unspecified atom stereocenters. The van der Waals surface area contributed by atoms with E-state index in [2.05, 4.69) is 16.2 Å². The maximum absolute atomic E-state index is 11.9. The van der Waals surface area contributed by atoms with E-state index in [0.717, 1.165) is 37.0 Å². The predicted octanol–water partition coefficient (Wildman–Crippen LogP) is 1.92. The van der Waals surface area contributed by atoms with Gasteiger partial charge in [-0.2, -0.15) is 0 Å². The molecule has 4 saturated carbocycles. The van der Waals surface area contributed by atoms with Crippen LogP contribution < -0.4 is 16.2 Å². The van der Waals surface area contributed by atoms with E-state index in [1.54, 1.807) is 6.92 Å². The summed E-state index contributed by atoms with van der Waals surface area (Å²) in [6.07, 6.45) is 6.65. The monoisotopic (exact) mass is 281 g/mol. The van der Waals surface area contributed by atoms with Crippen LogP contribution in [0.4, 0.5) is 9.59 Å². The van der Waals surface area contributed by atoms with Gasteiger partial charge in [0.25, 0.3) is 0 Å². The molecular weight excluding hydrogens is 258 g/mol. The number of ether oxygens (including phenoxy) is 1. The van der Waals surface area contributed by atoms with E-state index >= 15 is 0 Å². The zero-order chi connectivity index (χ0) is 14.2. The largest absolute Gasteiger partial charge is 0.449 e. The summed E-state index contributed by atoms with van der Waals surface area (Å²) in [5.74, 6) is 2.33. The molecule has 0 aromatic rings. The van der Waals surface area contributed by atoms with E-state index in [4.69, 9.17) is 4.74 Å². The van der Waals surface area contributed by atoms with Gasteiger partial charge < -0.3 is 10.1 Å². The SMILES string of the molecule is CCOC(=O)NNC(=O)NC12CC3CC(CC(C3)C1)C2. The lowest BCUT2D eigenvalue weighted by molar-refractivity contribution is -0.0137. The van der Waals surface area contributed by atoms with Crippen LogP contribution in [0.1, 0.15) is 45.4 Å². The molecule has 4 bridgehead atoms. The third-order valence-electron chi connectivity index (χ3n) is 4.97. The summed E-state index contributed by atoms with van der Waals surface area (Å²) < 4.78 is 4.69. The highest BCUT2D eigenvalue weighted by Crippen LogP contribution is 2.55. The summed E-state index contributed by atoms with van der Waals surface area (Å²) >= 11 is 0. The minimum atomic E-state index is -0.631. The summed E-state index contributed by atoms with van der Waals surface area (Å²) in [6, 6.07) is -0.333. The summed E-state index contributed by atoms with van der Waals surface area (Å²) in [7, 11) is 0. The first-order valence-electron chi connectivity index (χ1n) is 7.59. The van der Waals surface area contributed by atoms with Gasteiger partial charge in [0.1, 0.15) is 0 Å².